The van der Waals surface area contributed by atoms with E-state index in [1.54, 1.807) is 24.6 Å². The van der Waals surface area contributed by atoms with Crippen LogP contribution in [0.15, 0.2) is 22.1 Å². The van der Waals surface area contributed by atoms with E-state index in [1.165, 1.54) is 4.88 Å². The van der Waals surface area contributed by atoms with Gasteiger partial charge in [-0.25, -0.2) is 0 Å². The van der Waals surface area contributed by atoms with Gasteiger partial charge in [0.25, 0.3) is 0 Å². The molecule has 0 saturated carbocycles. The van der Waals surface area contributed by atoms with Crippen molar-refractivity contribution in [1.82, 2.24) is 15.1 Å². The highest BCUT2D eigenvalue weighted by molar-refractivity contribution is 9.10. The first-order valence-electron chi connectivity index (χ1n) is 6.67. The monoisotopic (exact) mass is 357 g/mol. The van der Waals surface area contributed by atoms with E-state index in [9.17, 15) is 0 Å². The van der Waals surface area contributed by atoms with Gasteiger partial charge in [0.15, 0.2) is 5.75 Å². The fourth-order valence-electron chi connectivity index (χ4n) is 2.23. The van der Waals surface area contributed by atoms with E-state index < -0.39 is 0 Å². The molecule has 6 heteroatoms. The van der Waals surface area contributed by atoms with Crippen molar-refractivity contribution in [2.45, 2.75) is 32.9 Å². The molecule has 0 aliphatic rings. The molecule has 1 unspecified atom stereocenters. The summed E-state index contributed by atoms with van der Waals surface area (Å²) in [5.74, 6) is 0.824. The van der Waals surface area contributed by atoms with E-state index in [0.29, 0.717) is 0 Å². The van der Waals surface area contributed by atoms with E-state index in [1.807, 2.05) is 4.68 Å². The van der Waals surface area contributed by atoms with E-state index in [2.05, 4.69) is 58.6 Å². The van der Waals surface area contributed by atoms with E-state index in [-0.39, 0.29) is 12.1 Å². The summed E-state index contributed by atoms with van der Waals surface area (Å²) in [5.41, 5.74) is 1.08. The lowest BCUT2D eigenvalue weighted by Crippen LogP contribution is -2.25. The summed E-state index contributed by atoms with van der Waals surface area (Å²) in [7, 11) is 1.69. The van der Waals surface area contributed by atoms with E-state index in [0.717, 1.165) is 22.5 Å². The molecular formula is C14H20BrN3OS. The van der Waals surface area contributed by atoms with Crippen LogP contribution in [0.25, 0.3) is 0 Å². The average molecular weight is 358 g/mol. The van der Waals surface area contributed by atoms with Gasteiger partial charge in [-0.1, -0.05) is 6.92 Å². The zero-order chi connectivity index (χ0) is 14.7. The largest absolute Gasteiger partial charge is 0.493 e. The highest BCUT2D eigenvalue weighted by atomic mass is 79.9. The van der Waals surface area contributed by atoms with Crippen LogP contribution >= 0.6 is 27.3 Å². The summed E-state index contributed by atoms with van der Waals surface area (Å²) in [4.78, 5) is 1.24. The maximum atomic E-state index is 5.51. The number of thiophene rings is 1. The molecule has 0 amide bonds. The standard InChI is InChI=1S/C14H20BrN3OS/c1-5-16-12(14-10(15)6-7-20-14)13-11(19-4)8-17-18(13)9(2)3/h6-9,12,16H,5H2,1-4H3. The number of methoxy groups -OCH3 is 1. The minimum absolute atomic E-state index is 0.0780. The second-order valence-corrected chi connectivity index (χ2v) is 6.56. The van der Waals surface area contributed by atoms with Gasteiger partial charge in [0, 0.05) is 15.4 Å². The molecule has 0 fully saturated rings. The van der Waals surface area contributed by atoms with Crippen molar-refractivity contribution in [2.24, 2.45) is 0 Å². The first-order chi connectivity index (χ1) is 9.60. The molecule has 110 valence electrons. The number of aromatic nitrogens is 2. The van der Waals surface area contributed by atoms with Crippen LogP contribution in [0.2, 0.25) is 0 Å². The summed E-state index contributed by atoms with van der Waals surface area (Å²) >= 11 is 5.36. The van der Waals surface area contributed by atoms with Crippen molar-refractivity contribution < 1.29 is 4.74 Å². The minimum Gasteiger partial charge on any atom is -0.493 e. The van der Waals surface area contributed by atoms with Crippen LogP contribution in [-0.2, 0) is 0 Å². The number of nitrogens with one attached hydrogen (secondary N) is 1. The second kappa shape index (κ2) is 6.74. The van der Waals surface area contributed by atoms with E-state index >= 15 is 0 Å². The molecule has 2 aromatic rings. The maximum absolute atomic E-state index is 5.51. The van der Waals surface area contributed by atoms with Crippen molar-refractivity contribution in [1.29, 1.82) is 0 Å². The summed E-state index contributed by atoms with van der Waals surface area (Å²) in [5, 5.41) is 10.1. The summed E-state index contributed by atoms with van der Waals surface area (Å²) in [6.45, 7) is 7.24. The van der Waals surface area contributed by atoms with Gasteiger partial charge in [-0.3, -0.25) is 4.68 Å². The van der Waals surface area contributed by atoms with Gasteiger partial charge >= 0.3 is 0 Å². The number of nitrogens with zero attached hydrogens (tertiary/aromatic N) is 2. The molecule has 2 aromatic heterocycles. The van der Waals surface area contributed by atoms with Crippen molar-refractivity contribution in [3.8, 4) is 5.75 Å². The van der Waals surface area contributed by atoms with Gasteiger partial charge in [0.2, 0.25) is 0 Å². The van der Waals surface area contributed by atoms with Crippen molar-refractivity contribution in [2.75, 3.05) is 13.7 Å². The Balaban J connectivity index is 2.54. The first-order valence-corrected chi connectivity index (χ1v) is 8.35. The predicted molar refractivity (Wildman–Crippen MR) is 86.7 cm³/mol. The first kappa shape index (κ1) is 15.5. The Morgan fingerprint density at radius 1 is 1.50 bits per heavy atom. The molecule has 0 spiro atoms. The summed E-state index contributed by atoms with van der Waals surface area (Å²) in [6.07, 6.45) is 1.79. The molecule has 0 aliphatic carbocycles. The molecule has 0 aliphatic heterocycles. The van der Waals surface area contributed by atoms with Gasteiger partial charge in [-0.05, 0) is 47.8 Å². The second-order valence-electron chi connectivity index (χ2n) is 4.76. The fraction of sp³-hybridized carbons (Fsp3) is 0.500. The van der Waals surface area contributed by atoms with Crippen LogP contribution < -0.4 is 10.1 Å². The third kappa shape index (κ3) is 2.92. The highest BCUT2D eigenvalue weighted by Gasteiger charge is 2.26. The molecule has 0 aromatic carbocycles. The van der Waals surface area contributed by atoms with Crippen LogP contribution in [0.1, 0.15) is 43.4 Å². The Morgan fingerprint density at radius 2 is 2.25 bits per heavy atom. The van der Waals surface area contributed by atoms with Gasteiger partial charge in [-0.2, -0.15) is 5.10 Å². The zero-order valence-corrected chi connectivity index (χ0v) is 14.6. The van der Waals surface area contributed by atoms with Crippen LogP contribution in [0, 0.1) is 0 Å². The van der Waals surface area contributed by atoms with Crippen LogP contribution in [0.4, 0.5) is 0 Å². The Kier molecular flexibility index (Phi) is 5.23. The summed E-state index contributed by atoms with van der Waals surface area (Å²) < 4.78 is 8.65. The number of hydrogen-bond acceptors (Lipinski definition) is 4. The normalized spacial score (nSPS) is 12.9. The van der Waals surface area contributed by atoms with Gasteiger partial charge in [0.1, 0.15) is 5.69 Å². The van der Waals surface area contributed by atoms with Crippen LogP contribution in [0.5, 0.6) is 5.75 Å². The van der Waals surface area contributed by atoms with Crippen molar-refractivity contribution in [3.63, 3.8) is 0 Å². The van der Waals surface area contributed by atoms with Crippen molar-refractivity contribution in [3.05, 3.63) is 32.7 Å². The highest BCUT2D eigenvalue weighted by Crippen LogP contribution is 2.37. The predicted octanol–water partition coefficient (Wildman–Crippen LogP) is 4.00. The average Bonchev–Trinajstić information content (AvgIpc) is 3.02. The lowest BCUT2D eigenvalue weighted by atomic mass is 10.1. The SMILES string of the molecule is CCNC(c1sccc1Br)c1c(OC)cnn1C(C)C. The summed E-state index contributed by atoms with van der Waals surface area (Å²) in [6, 6.07) is 2.44. The third-order valence-electron chi connectivity index (χ3n) is 3.10. The Morgan fingerprint density at radius 3 is 2.75 bits per heavy atom. The quantitative estimate of drug-likeness (QED) is 0.849. The number of hydrogen-bond donors (Lipinski definition) is 1. The van der Waals surface area contributed by atoms with Gasteiger partial charge in [0.05, 0.1) is 19.3 Å². The molecule has 0 saturated heterocycles. The molecule has 4 nitrogen and oxygen atoms in total. The lowest BCUT2D eigenvalue weighted by molar-refractivity contribution is 0.395. The molecule has 0 bridgehead atoms. The molecule has 20 heavy (non-hydrogen) atoms. The Bertz CT molecular complexity index is 565. The zero-order valence-electron chi connectivity index (χ0n) is 12.2. The lowest BCUT2D eigenvalue weighted by Gasteiger charge is -2.21. The number of halogens is 1. The van der Waals surface area contributed by atoms with Gasteiger partial charge in [-0.15, -0.1) is 11.3 Å². The number of rotatable bonds is 6. The van der Waals surface area contributed by atoms with Crippen molar-refractivity contribution >= 4 is 27.3 Å². The maximum Gasteiger partial charge on any atom is 0.161 e. The molecule has 0 radical (unpaired) electrons. The Hall–Kier alpha value is -0.850. The molecule has 2 rings (SSSR count). The number of ether oxygens (including phenoxy) is 1. The fourth-order valence-corrected chi connectivity index (χ4v) is 3.91. The molecular weight excluding hydrogens is 338 g/mol. The molecule has 1 N–H and O–H groups in total. The van der Waals surface area contributed by atoms with Crippen LogP contribution in [-0.4, -0.2) is 23.4 Å². The Labute approximate surface area is 132 Å². The smallest absolute Gasteiger partial charge is 0.161 e. The molecule has 1 atom stereocenters. The third-order valence-corrected chi connectivity index (χ3v) is 5.03. The molecule has 2 heterocycles. The topological polar surface area (TPSA) is 39.1 Å². The van der Waals surface area contributed by atoms with Crippen LogP contribution in [0.3, 0.4) is 0 Å². The van der Waals surface area contributed by atoms with Gasteiger partial charge < -0.3 is 10.1 Å². The van der Waals surface area contributed by atoms with E-state index in [4.69, 9.17) is 4.74 Å². The minimum atomic E-state index is 0.0780.